The van der Waals surface area contributed by atoms with Gasteiger partial charge in [0.15, 0.2) is 0 Å². The summed E-state index contributed by atoms with van der Waals surface area (Å²) in [6.07, 6.45) is 8.43. The van der Waals surface area contributed by atoms with E-state index in [9.17, 15) is 9.59 Å². The van der Waals surface area contributed by atoms with E-state index in [1.165, 1.54) is 40.9 Å². The number of hydrogen-bond acceptors (Lipinski definition) is 4. The Labute approximate surface area is 163 Å². The molecule has 2 amide bonds. The van der Waals surface area contributed by atoms with Crippen molar-refractivity contribution in [1.29, 1.82) is 0 Å². The van der Waals surface area contributed by atoms with Gasteiger partial charge in [-0.15, -0.1) is 11.3 Å². The number of nitrogens with one attached hydrogen (secondary N) is 2. The lowest BCUT2D eigenvalue weighted by Gasteiger charge is -2.32. The SMILES string of the molecule is CC(NC(=O)N1CCC(c2nc3c(s2)CCCC3)CC1)c1cc[nH]c(=O)c1. The van der Waals surface area contributed by atoms with E-state index in [2.05, 4.69) is 10.3 Å². The lowest BCUT2D eigenvalue weighted by molar-refractivity contribution is 0.178. The molecule has 0 aromatic carbocycles. The maximum atomic E-state index is 12.6. The number of aromatic amines is 1. The van der Waals surface area contributed by atoms with Crippen molar-refractivity contribution >= 4 is 17.4 Å². The summed E-state index contributed by atoms with van der Waals surface area (Å²) in [5.41, 5.74) is 1.99. The minimum Gasteiger partial charge on any atom is -0.331 e. The molecule has 1 saturated heterocycles. The Morgan fingerprint density at radius 3 is 2.85 bits per heavy atom. The van der Waals surface area contributed by atoms with Crippen LogP contribution in [0.25, 0.3) is 0 Å². The average Bonchev–Trinajstić information content (AvgIpc) is 3.12. The molecule has 1 atom stereocenters. The first kappa shape index (κ1) is 18.2. The molecule has 2 N–H and O–H groups in total. The highest BCUT2D eigenvalue weighted by Crippen LogP contribution is 2.35. The molecule has 1 unspecified atom stereocenters. The molecule has 2 aromatic rings. The number of pyridine rings is 1. The normalized spacial score (nSPS) is 18.8. The summed E-state index contributed by atoms with van der Waals surface area (Å²) in [6.45, 7) is 3.41. The van der Waals surface area contributed by atoms with E-state index in [4.69, 9.17) is 4.98 Å². The van der Waals surface area contributed by atoms with E-state index >= 15 is 0 Å². The topological polar surface area (TPSA) is 78.1 Å². The van der Waals surface area contributed by atoms with Gasteiger partial charge in [-0.05, 0) is 57.1 Å². The van der Waals surface area contributed by atoms with E-state index < -0.39 is 0 Å². The molecule has 0 bridgehead atoms. The van der Waals surface area contributed by atoms with Crippen LogP contribution in [-0.2, 0) is 12.8 Å². The molecule has 4 rings (SSSR count). The number of rotatable bonds is 3. The number of carbonyl (C=O) groups excluding carboxylic acids is 1. The molecule has 144 valence electrons. The first-order valence-electron chi connectivity index (χ1n) is 9.82. The van der Waals surface area contributed by atoms with Crippen LogP contribution in [-0.4, -0.2) is 34.0 Å². The minimum absolute atomic E-state index is 0.0559. The van der Waals surface area contributed by atoms with Crippen LogP contribution in [0, 0.1) is 0 Å². The molecule has 0 spiro atoms. The minimum atomic E-state index is -0.191. The van der Waals surface area contributed by atoms with Gasteiger partial charge in [0.05, 0.1) is 16.7 Å². The zero-order valence-corrected chi connectivity index (χ0v) is 16.5. The van der Waals surface area contributed by atoms with Crippen molar-refractivity contribution in [2.45, 2.75) is 57.4 Å². The number of likely N-dealkylation sites (tertiary alicyclic amines) is 1. The Morgan fingerprint density at radius 2 is 2.11 bits per heavy atom. The van der Waals surface area contributed by atoms with E-state index in [1.54, 1.807) is 6.20 Å². The van der Waals surface area contributed by atoms with Gasteiger partial charge in [0.25, 0.3) is 0 Å². The standard InChI is InChI=1S/C20H26N4O2S/c1-13(15-6-9-21-18(25)12-15)22-20(26)24-10-7-14(8-11-24)19-23-16-4-2-3-5-17(16)27-19/h6,9,12-14H,2-5,7-8,10-11H2,1H3,(H,21,25)(H,22,26). The van der Waals surface area contributed by atoms with Gasteiger partial charge in [-0.25, -0.2) is 9.78 Å². The number of nitrogens with zero attached hydrogens (tertiary/aromatic N) is 2. The maximum absolute atomic E-state index is 12.6. The Morgan fingerprint density at radius 1 is 1.33 bits per heavy atom. The summed E-state index contributed by atoms with van der Waals surface area (Å²) >= 11 is 1.90. The van der Waals surface area contributed by atoms with Gasteiger partial charge in [0, 0.05) is 36.1 Å². The van der Waals surface area contributed by atoms with Crippen LogP contribution in [0.2, 0.25) is 0 Å². The van der Waals surface area contributed by atoms with Gasteiger partial charge in [0.2, 0.25) is 5.56 Å². The van der Waals surface area contributed by atoms with Gasteiger partial charge in [-0.3, -0.25) is 4.79 Å². The number of hydrogen-bond donors (Lipinski definition) is 2. The van der Waals surface area contributed by atoms with Crippen molar-refractivity contribution in [2.24, 2.45) is 0 Å². The van der Waals surface area contributed by atoms with Crippen molar-refractivity contribution < 1.29 is 4.79 Å². The predicted molar refractivity (Wildman–Crippen MR) is 106 cm³/mol. The highest BCUT2D eigenvalue weighted by atomic mass is 32.1. The highest BCUT2D eigenvalue weighted by molar-refractivity contribution is 7.11. The zero-order chi connectivity index (χ0) is 18.8. The molecule has 3 heterocycles. The van der Waals surface area contributed by atoms with E-state index in [0.717, 1.165) is 37.9 Å². The number of thiazole rings is 1. The first-order valence-corrected chi connectivity index (χ1v) is 10.6. The molecule has 27 heavy (non-hydrogen) atoms. The number of aromatic nitrogens is 2. The smallest absolute Gasteiger partial charge is 0.317 e. The number of carbonyl (C=O) groups is 1. The highest BCUT2D eigenvalue weighted by Gasteiger charge is 2.28. The summed E-state index contributed by atoms with van der Waals surface area (Å²) in [4.78, 5) is 34.9. The monoisotopic (exact) mass is 386 g/mol. The Hall–Kier alpha value is -2.15. The van der Waals surface area contributed by atoms with Crippen molar-refractivity contribution in [3.63, 3.8) is 0 Å². The molecule has 0 saturated carbocycles. The van der Waals surface area contributed by atoms with Crippen LogP contribution in [0.15, 0.2) is 23.1 Å². The quantitative estimate of drug-likeness (QED) is 0.849. The number of aryl methyl sites for hydroxylation is 2. The van der Waals surface area contributed by atoms with Gasteiger partial charge >= 0.3 is 6.03 Å². The summed E-state index contributed by atoms with van der Waals surface area (Å²) < 4.78 is 0. The second-order valence-electron chi connectivity index (χ2n) is 7.55. The Bertz CT molecular complexity index is 843. The van der Waals surface area contributed by atoms with Crippen molar-refractivity contribution in [3.05, 3.63) is 49.8 Å². The lowest BCUT2D eigenvalue weighted by Crippen LogP contribution is -2.44. The molecular weight excluding hydrogens is 360 g/mol. The molecule has 2 aliphatic rings. The predicted octanol–water partition coefficient (Wildman–Crippen LogP) is 3.36. The number of piperidine rings is 1. The Kier molecular flexibility index (Phi) is 5.29. The van der Waals surface area contributed by atoms with E-state index in [0.29, 0.717) is 5.92 Å². The summed E-state index contributed by atoms with van der Waals surface area (Å²) in [5.74, 6) is 0.481. The lowest BCUT2D eigenvalue weighted by atomic mass is 9.97. The van der Waals surface area contributed by atoms with Crippen LogP contribution in [0.3, 0.4) is 0 Å². The molecule has 0 radical (unpaired) electrons. The van der Waals surface area contributed by atoms with Crippen LogP contribution in [0.4, 0.5) is 4.79 Å². The number of fused-ring (bicyclic) bond motifs is 1. The summed E-state index contributed by atoms with van der Waals surface area (Å²) in [5, 5.41) is 4.29. The second-order valence-corrected chi connectivity index (χ2v) is 8.66. The Balaban J connectivity index is 1.32. The molecule has 7 heteroatoms. The third-order valence-electron chi connectivity index (χ3n) is 5.63. The van der Waals surface area contributed by atoms with Gasteiger partial charge in [0.1, 0.15) is 0 Å². The molecule has 1 aliphatic carbocycles. The molecule has 6 nitrogen and oxygen atoms in total. The van der Waals surface area contributed by atoms with E-state index in [-0.39, 0.29) is 17.6 Å². The number of amides is 2. The van der Waals surface area contributed by atoms with Crippen molar-refractivity contribution in [1.82, 2.24) is 20.2 Å². The van der Waals surface area contributed by atoms with E-state index in [1.807, 2.05) is 29.2 Å². The van der Waals surface area contributed by atoms with Crippen molar-refractivity contribution in [2.75, 3.05) is 13.1 Å². The zero-order valence-electron chi connectivity index (χ0n) is 15.7. The maximum Gasteiger partial charge on any atom is 0.317 e. The van der Waals surface area contributed by atoms with Gasteiger partial charge < -0.3 is 15.2 Å². The largest absolute Gasteiger partial charge is 0.331 e. The van der Waals surface area contributed by atoms with Crippen LogP contribution < -0.4 is 10.9 Å². The third kappa shape index (κ3) is 4.08. The fraction of sp³-hybridized carbons (Fsp3) is 0.550. The van der Waals surface area contributed by atoms with Crippen LogP contribution >= 0.6 is 11.3 Å². The van der Waals surface area contributed by atoms with Crippen LogP contribution in [0.5, 0.6) is 0 Å². The second kappa shape index (κ2) is 7.84. The molecule has 1 fully saturated rings. The van der Waals surface area contributed by atoms with Crippen LogP contribution in [0.1, 0.15) is 65.7 Å². The fourth-order valence-electron chi connectivity index (χ4n) is 3.97. The number of urea groups is 1. The van der Waals surface area contributed by atoms with Gasteiger partial charge in [-0.1, -0.05) is 0 Å². The molecular formula is C20H26N4O2S. The third-order valence-corrected chi connectivity index (χ3v) is 6.95. The summed E-state index contributed by atoms with van der Waals surface area (Å²) in [7, 11) is 0. The molecule has 1 aliphatic heterocycles. The number of H-pyrrole nitrogens is 1. The molecule has 2 aromatic heterocycles. The fourth-order valence-corrected chi connectivity index (χ4v) is 5.29. The average molecular weight is 387 g/mol. The van der Waals surface area contributed by atoms with Gasteiger partial charge in [-0.2, -0.15) is 0 Å². The van der Waals surface area contributed by atoms with Crippen molar-refractivity contribution in [3.8, 4) is 0 Å². The first-order chi connectivity index (χ1) is 13.1. The summed E-state index contributed by atoms with van der Waals surface area (Å²) in [6, 6.07) is 3.10.